The van der Waals surface area contributed by atoms with E-state index in [1.807, 2.05) is 0 Å². The lowest BCUT2D eigenvalue weighted by molar-refractivity contribution is -0.143. The number of hydrogen-bond acceptors (Lipinski definition) is 6. The SMILES string of the molecule is C#Cc1ccc(C(C(=O)NCC(=O)OC)N(CCCCCCCC)C(=O)CNC(=O)OC(C)(C)C)cc1. The summed E-state index contributed by atoms with van der Waals surface area (Å²) in [6, 6.07) is 5.69. The van der Waals surface area contributed by atoms with E-state index in [4.69, 9.17) is 11.2 Å². The first kappa shape index (κ1) is 31.5. The molecule has 1 unspecified atom stereocenters. The van der Waals surface area contributed by atoms with Gasteiger partial charge in [0.1, 0.15) is 24.7 Å². The molecule has 0 spiro atoms. The van der Waals surface area contributed by atoms with Crippen molar-refractivity contribution in [1.82, 2.24) is 15.5 Å². The van der Waals surface area contributed by atoms with Gasteiger partial charge in [-0.15, -0.1) is 6.42 Å². The average molecular weight is 516 g/mol. The first-order valence-corrected chi connectivity index (χ1v) is 12.7. The second-order valence-corrected chi connectivity index (χ2v) is 9.67. The summed E-state index contributed by atoms with van der Waals surface area (Å²) in [5.41, 5.74) is 0.427. The number of ether oxygens (including phenoxy) is 2. The Labute approximate surface area is 220 Å². The van der Waals surface area contributed by atoms with Gasteiger partial charge in [-0.3, -0.25) is 14.4 Å². The van der Waals surface area contributed by atoms with E-state index in [0.717, 1.165) is 32.1 Å². The van der Waals surface area contributed by atoms with E-state index in [2.05, 4.69) is 28.2 Å². The topological polar surface area (TPSA) is 114 Å². The molecule has 1 aromatic carbocycles. The second-order valence-electron chi connectivity index (χ2n) is 9.67. The number of rotatable bonds is 14. The summed E-state index contributed by atoms with van der Waals surface area (Å²) < 4.78 is 9.85. The van der Waals surface area contributed by atoms with Crippen molar-refractivity contribution >= 4 is 23.9 Å². The highest BCUT2D eigenvalue weighted by atomic mass is 16.6. The molecule has 1 rings (SSSR count). The zero-order chi connectivity index (χ0) is 27.8. The van der Waals surface area contributed by atoms with Crippen LogP contribution in [0.1, 0.15) is 83.4 Å². The van der Waals surface area contributed by atoms with Crippen LogP contribution >= 0.6 is 0 Å². The summed E-state index contributed by atoms with van der Waals surface area (Å²) in [6.45, 7) is 6.90. The van der Waals surface area contributed by atoms with Gasteiger partial charge in [0.15, 0.2) is 0 Å². The van der Waals surface area contributed by atoms with Gasteiger partial charge in [-0.25, -0.2) is 4.79 Å². The van der Waals surface area contributed by atoms with Gasteiger partial charge in [0, 0.05) is 12.1 Å². The highest BCUT2D eigenvalue weighted by Crippen LogP contribution is 2.23. The molecule has 3 amide bonds. The Balaban J connectivity index is 3.19. The Kier molecular flexibility index (Phi) is 13.8. The Bertz CT molecular complexity index is 931. The number of nitrogens with zero attached hydrogens (tertiary/aromatic N) is 1. The van der Waals surface area contributed by atoms with Gasteiger partial charge in [-0.05, 0) is 44.9 Å². The maximum absolute atomic E-state index is 13.4. The smallest absolute Gasteiger partial charge is 0.408 e. The lowest BCUT2D eigenvalue weighted by Crippen LogP contribution is -2.48. The molecule has 204 valence electrons. The third-order valence-corrected chi connectivity index (χ3v) is 5.44. The number of terminal acetylenes is 1. The van der Waals surface area contributed by atoms with Crippen molar-refractivity contribution in [2.45, 2.75) is 77.9 Å². The minimum Gasteiger partial charge on any atom is -0.468 e. The van der Waals surface area contributed by atoms with Gasteiger partial charge >= 0.3 is 12.1 Å². The average Bonchev–Trinajstić information content (AvgIpc) is 2.86. The van der Waals surface area contributed by atoms with Gasteiger partial charge in [0.2, 0.25) is 11.8 Å². The summed E-state index contributed by atoms with van der Waals surface area (Å²) in [5, 5.41) is 5.03. The molecule has 0 aliphatic heterocycles. The van der Waals surface area contributed by atoms with E-state index in [0.29, 0.717) is 17.5 Å². The summed E-state index contributed by atoms with van der Waals surface area (Å²) >= 11 is 0. The van der Waals surface area contributed by atoms with Gasteiger partial charge in [-0.1, -0.05) is 57.1 Å². The number of hydrogen-bond donors (Lipinski definition) is 2. The lowest BCUT2D eigenvalue weighted by Gasteiger charge is -2.32. The van der Waals surface area contributed by atoms with E-state index in [9.17, 15) is 19.2 Å². The van der Waals surface area contributed by atoms with Crippen molar-refractivity contribution < 1.29 is 28.7 Å². The first-order valence-electron chi connectivity index (χ1n) is 12.7. The predicted molar refractivity (Wildman–Crippen MR) is 141 cm³/mol. The molecule has 0 aliphatic carbocycles. The molecule has 0 aliphatic rings. The third-order valence-electron chi connectivity index (χ3n) is 5.44. The van der Waals surface area contributed by atoms with E-state index in [-0.39, 0.29) is 19.6 Å². The van der Waals surface area contributed by atoms with Crippen LogP contribution in [-0.2, 0) is 23.9 Å². The number of nitrogens with one attached hydrogen (secondary N) is 2. The normalized spacial score (nSPS) is 11.6. The standard InChI is InChI=1S/C28H41N3O6/c1-7-9-10-11-12-13-18-31(23(32)19-30-27(35)37-28(3,4)5)25(26(34)29-20-24(33)36-6)22-16-14-21(8-2)15-17-22/h2,14-17,25H,7,9-13,18-20H2,1,3-6H3,(H,29,34)(H,30,35). The number of amides is 3. The number of esters is 1. The van der Waals surface area contributed by atoms with Crippen LogP contribution < -0.4 is 10.6 Å². The molecule has 0 radical (unpaired) electrons. The van der Waals surface area contributed by atoms with Crippen molar-refractivity contribution in [3.8, 4) is 12.3 Å². The number of carbonyl (C=O) groups is 4. The van der Waals surface area contributed by atoms with Gasteiger partial charge in [0.25, 0.3) is 0 Å². The van der Waals surface area contributed by atoms with Gasteiger partial charge < -0.3 is 25.0 Å². The number of benzene rings is 1. The molecule has 0 fully saturated rings. The highest BCUT2D eigenvalue weighted by molar-refractivity contribution is 5.91. The van der Waals surface area contributed by atoms with Crippen LogP contribution in [0.4, 0.5) is 4.79 Å². The predicted octanol–water partition coefficient (Wildman–Crippen LogP) is 3.71. The summed E-state index contributed by atoms with van der Waals surface area (Å²) in [7, 11) is 1.22. The van der Waals surface area contributed by atoms with E-state index >= 15 is 0 Å². The maximum Gasteiger partial charge on any atom is 0.408 e. The molecule has 1 atom stereocenters. The Morgan fingerprint density at radius 3 is 2.16 bits per heavy atom. The summed E-state index contributed by atoms with van der Waals surface area (Å²) in [6.07, 6.45) is 10.7. The maximum atomic E-state index is 13.4. The van der Waals surface area contributed by atoms with Crippen molar-refractivity contribution in [3.05, 3.63) is 35.4 Å². The lowest BCUT2D eigenvalue weighted by atomic mass is 10.0. The van der Waals surface area contributed by atoms with Gasteiger partial charge in [0.05, 0.1) is 7.11 Å². The van der Waals surface area contributed by atoms with Crippen LogP contribution in [0.5, 0.6) is 0 Å². The molecule has 0 heterocycles. The summed E-state index contributed by atoms with van der Waals surface area (Å²) in [5.74, 6) is 0.907. The third kappa shape index (κ3) is 12.3. The Morgan fingerprint density at radius 1 is 0.973 bits per heavy atom. The number of unbranched alkanes of at least 4 members (excludes halogenated alkanes) is 5. The van der Waals surface area contributed by atoms with Crippen molar-refractivity contribution in [2.75, 3.05) is 26.7 Å². The van der Waals surface area contributed by atoms with Crippen molar-refractivity contribution in [2.24, 2.45) is 0 Å². The molecular formula is C28H41N3O6. The first-order chi connectivity index (χ1) is 17.5. The Morgan fingerprint density at radius 2 is 1.59 bits per heavy atom. The zero-order valence-corrected chi connectivity index (χ0v) is 22.7. The highest BCUT2D eigenvalue weighted by Gasteiger charge is 2.32. The van der Waals surface area contributed by atoms with Crippen molar-refractivity contribution in [1.29, 1.82) is 0 Å². The molecule has 0 aromatic heterocycles. The fourth-order valence-corrected chi connectivity index (χ4v) is 3.59. The molecule has 2 N–H and O–H groups in total. The van der Waals surface area contributed by atoms with Crippen LogP contribution in [0.25, 0.3) is 0 Å². The minimum absolute atomic E-state index is 0.286. The van der Waals surface area contributed by atoms with Crippen LogP contribution in [0.15, 0.2) is 24.3 Å². The minimum atomic E-state index is -1.04. The fraction of sp³-hybridized carbons (Fsp3) is 0.571. The molecule has 1 aromatic rings. The van der Waals surface area contributed by atoms with Crippen LogP contribution in [0.3, 0.4) is 0 Å². The number of alkyl carbamates (subject to hydrolysis) is 1. The molecule has 0 saturated heterocycles. The fourth-order valence-electron chi connectivity index (χ4n) is 3.59. The number of carbonyl (C=O) groups excluding carboxylic acids is 4. The monoisotopic (exact) mass is 515 g/mol. The van der Waals surface area contributed by atoms with E-state index in [1.165, 1.54) is 12.0 Å². The quantitative estimate of drug-likeness (QED) is 0.222. The van der Waals surface area contributed by atoms with Crippen LogP contribution in [-0.4, -0.2) is 61.1 Å². The largest absolute Gasteiger partial charge is 0.468 e. The van der Waals surface area contributed by atoms with Crippen LogP contribution in [0, 0.1) is 12.3 Å². The zero-order valence-electron chi connectivity index (χ0n) is 22.7. The van der Waals surface area contributed by atoms with E-state index in [1.54, 1.807) is 45.0 Å². The molecule has 37 heavy (non-hydrogen) atoms. The molecule has 9 heteroatoms. The second kappa shape index (κ2) is 16.3. The molecule has 0 saturated carbocycles. The van der Waals surface area contributed by atoms with Crippen molar-refractivity contribution in [3.63, 3.8) is 0 Å². The molecule has 0 bridgehead atoms. The van der Waals surface area contributed by atoms with E-state index < -0.39 is 35.5 Å². The van der Waals surface area contributed by atoms with Crippen LogP contribution in [0.2, 0.25) is 0 Å². The molecular weight excluding hydrogens is 474 g/mol. The summed E-state index contributed by atoms with van der Waals surface area (Å²) in [4.78, 5) is 51.9. The Hall–Kier alpha value is -3.54. The van der Waals surface area contributed by atoms with Gasteiger partial charge in [-0.2, -0.15) is 0 Å². The molecule has 9 nitrogen and oxygen atoms in total. The number of methoxy groups -OCH3 is 1.